The fourth-order valence-corrected chi connectivity index (χ4v) is 2.17. The summed E-state index contributed by atoms with van der Waals surface area (Å²) in [7, 11) is 0. The first-order valence-corrected chi connectivity index (χ1v) is 6.62. The lowest BCUT2D eigenvalue weighted by molar-refractivity contribution is 0.936. The zero-order valence-corrected chi connectivity index (χ0v) is 11.2. The molecule has 0 saturated carbocycles. The van der Waals surface area contributed by atoms with E-state index < -0.39 is 0 Å². The van der Waals surface area contributed by atoms with Gasteiger partial charge >= 0.3 is 0 Å². The van der Waals surface area contributed by atoms with Crippen LogP contribution in [-0.4, -0.2) is 26.5 Å². The predicted molar refractivity (Wildman–Crippen MR) is 71.7 cm³/mol. The van der Waals surface area contributed by atoms with E-state index in [1.807, 2.05) is 6.92 Å². The lowest BCUT2D eigenvalue weighted by atomic mass is 10.3. The number of hydrogen-bond acceptors (Lipinski definition) is 6. The van der Waals surface area contributed by atoms with E-state index in [0.717, 1.165) is 34.4 Å². The molecule has 94 valence electrons. The van der Waals surface area contributed by atoms with Crippen molar-refractivity contribution in [2.75, 3.05) is 11.9 Å². The van der Waals surface area contributed by atoms with Gasteiger partial charge in [0, 0.05) is 24.5 Å². The monoisotopic (exact) mass is 261 g/mol. The van der Waals surface area contributed by atoms with Crippen molar-refractivity contribution in [2.24, 2.45) is 0 Å². The van der Waals surface area contributed by atoms with E-state index >= 15 is 0 Å². The molecular formula is C12H15N5S. The molecule has 0 aliphatic carbocycles. The fourth-order valence-electron chi connectivity index (χ4n) is 1.40. The van der Waals surface area contributed by atoms with Crippen molar-refractivity contribution in [2.45, 2.75) is 30.3 Å². The highest BCUT2D eigenvalue weighted by molar-refractivity contribution is 7.99. The van der Waals surface area contributed by atoms with Gasteiger partial charge < -0.3 is 5.32 Å². The highest BCUT2D eigenvalue weighted by atomic mass is 32.2. The van der Waals surface area contributed by atoms with Gasteiger partial charge in [0.1, 0.15) is 22.2 Å². The van der Waals surface area contributed by atoms with Crippen molar-refractivity contribution in [1.29, 1.82) is 0 Å². The zero-order chi connectivity index (χ0) is 12.8. The standard InChI is InChI=1S/C12H15N5S/c1-3-4-15-11-9(2)12(17-8-16-11)18-10-7-13-5-6-14-10/h5-8H,3-4H2,1-2H3,(H,15,16,17). The van der Waals surface area contributed by atoms with Crippen LogP contribution in [0.1, 0.15) is 18.9 Å². The Hall–Kier alpha value is -1.69. The van der Waals surface area contributed by atoms with E-state index in [1.54, 1.807) is 24.9 Å². The lowest BCUT2D eigenvalue weighted by Gasteiger charge is -2.09. The van der Waals surface area contributed by atoms with Crippen LogP contribution in [0.3, 0.4) is 0 Å². The molecule has 2 rings (SSSR count). The van der Waals surface area contributed by atoms with Gasteiger partial charge in [-0.3, -0.25) is 4.98 Å². The van der Waals surface area contributed by atoms with Crippen LogP contribution in [0.5, 0.6) is 0 Å². The number of nitrogens with one attached hydrogen (secondary N) is 1. The van der Waals surface area contributed by atoms with E-state index in [0.29, 0.717) is 0 Å². The molecule has 0 bridgehead atoms. The van der Waals surface area contributed by atoms with Crippen molar-refractivity contribution in [1.82, 2.24) is 19.9 Å². The molecule has 5 nitrogen and oxygen atoms in total. The van der Waals surface area contributed by atoms with Crippen LogP contribution < -0.4 is 5.32 Å². The fraction of sp³-hybridized carbons (Fsp3) is 0.333. The molecule has 0 spiro atoms. The number of hydrogen-bond donors (Lipinski definition) is 1. The summed E-state index contributed by atoms with van der Waals surface area (Å²) in [6.45, 7) is 5.04. The Labute approximate surface area is 110 Å². The molecule has 6 heteroatoms. The molecule has 2 heterocycles. The number of aromatic nitrogens is 4. The van der Waals surface area contributed by atoms with Crippen molar-refractivity contribution in [3.05, 3.63) is 30.5 Å². The van der Waals surface area contributed by atoms with E-state index in [-0.39, 0.29) is 0 Å². The van der Waals surface area contributed by atoms with Crippen molar-refractivity contribution >= 4 is 17.6 Å². The molecule has 2 aromatic heterocycles. The summed E-state index contributed by atoms with van der Waals surface area (Å²) in [6.07, 6.45) is 7.70. The number of anilines is 1. The van der Waals surface area contributed by atoms with E-state index in [4.69, 9.17) is 0 Å². The van der Waals surface area contributed by atoms with Gasteiger partial charge in [0.25, 0.3) is 0 Å². The van der Waals surface area contributed by atoms with Crippen LogP contribution in [0.15, 0.2) is 35.0 Å². The molecular weight excluding hydrogens is 246 g/mol. The maximum absolute atomic E-state index is 4.29. The largest absolute Gasteiger partial charge is 0.370 e. The molecule has 1 N–H and O–H groups in total. The van der Waals surface area contributed by atoms with Crippen LogP contribution in [0.4, 0.5) is 5.82 Å². The Kier molecular flexibility index (Phi) is 4.46. The van der Waals surface area contributed by atoms with Gasteiger partial charge in [-0.05, 0) is 25.1 Å². The van der Waals surface area contributed by atoms with Crippen LogP contribution in [-0.2, 0) is 0 Å². The molecule has 0 aromatic carbocycles. The molecule has 0 aliphatic heterocycles. The van der Waals surface area contributed by atoms with Crippen LogP contribution >= 0.6 is 11.8 Å². The van der Waals surface area contributed by atoms with Gasteiger partial charge in [-0.2, -0.15) is 0 Å². The summed E-state index contributed by atoms with van der Waals surface area (Å²) < 4.78 is 0. The molecule has 0 fully saturated rings. The predicted octanol–water partition coefficient (Wildman–Crippen LogP) is 2.55. The van der Waals surface area contributed by atoms with Crippen LogP contribution in [0, 0.1) is 6.92 Å². The summed E-state index contributed by atoms with van der Waals surface area (Å²) in [6, 6.07) is 0. The quantitative estimate of drug-likeness (QED) is 0.834. The van der Waals surface area contributed by atoms with Crippen molar-refractivity contribution in [3.63, 3.8) is 0 Å². The van der Waals surface area contributed by atoms with Gasteiger partial charge in [0.05, 0.1) is 6.20 Å². The molecule has 2 aromatic rings. The van der Waals surface area contributed by atoms with Gasteiger partial charge in [-0.25, -0.2) is 15.0 Å². The number of rotatable bonds is 5. The Morgan fingerprint density at radius 2 is 2.11 bits per heavy atom. The van der Waals surface area contributed by atoms with Crippen LogP contribution in [0.25, 0.3) is 0 Å². The highest BCUT2D eigenvalue weighted by Gasteiger charge is 2.08. The number of nitrogens with zero attached hydrogens (tertiary/aromatic N) is 4. The third-order valence-corrected chi connectivity index (χ3v) is 3.35. The molecule has 0 atom stereocenters. The van der Waals surface area contributed by atoms with Gasteiger partial charge in [-0.1, -0.05) is 6.92 Å². The molecule has 0 aliphatic rings. The molecule has 0 unspecified atom stereocenters. The average Bonchev–Trinajstić information content (AvgIpc) is 2.41. The average molecular weight is 261 g/mol. The summed E-state index contributed by atoms with van der Waals surface area (Å²) in [5.41, 5.74) is 1.04. The van der Waals surface area contributed by atoms with Crippen LogP contribution in [0.2, 0.25) is 0 Å². The smallest absolute Gasteiger partial charge is 0.133 e. The Bertz CT molecular complexity index is 503. The Balaban J connectivity index is 2.18. The molecule has 18 heavy (non-hydrogen) atoms. The van der Waals surface area contributed by atoms with Crippen molar-refractivity contribution < 1.29 is 0 Å². The minimum atomic E-state index is 0.834. The van der Waals surface area contributed by atoms with E-state index in [9.17, 15) is 0 Å². The van der Waals surface area contributed by atoms with E-state index in [1.165, 1.54) is 11.8 Å². The minimum Gasteiger partial charge on any atom is -0.370 e. The molecule has 0 saturated heterocycles. The van der Waals surface area contributed by atoms with Gasteiger partial charge in [0.2, 0.25) is 0 Å². The maximum Gasteiger partial charge on any atom is 0.133 e. The lowest BCUT2D eigenvalue weighted by Crippen LogP contribution is -2.05. The third kappa shape index (κ3) is 3.16. The normalized spacial score (nSPS) is 10.3. The maximum atomic E-state index is 4.29. The van der Waals surface area contributed by atoms with Gasteiger partial charge in [-0.15, -0.1) is 0 Å². The first kappa shape index (κ1) is 12.8. The zero-order valence-electron chi connectivity index (χ0n) is 10.4. The second-order valence-electron chi connectivity index (χ2n) is 3.72. The van der Waals surface area contributed by atoms with E-state index in [2.05, 4.69) is 32.2 Å². The Morgan fingerprint density at radius 1 is 1.22 bits per heavy atom. The Morgan fingerprint density at radius 3 is 2.83 bits per heavy atom. The first-order chi connectivity index (χ1) is 8.81. The third-order valence-electron chi connectivity index (χ3n) is 2.32. The second-order valence-corrected chi connectivity index (χ2v) is 4.73. The summed E-state index contributed by atoms with van der Waals surface area (Å²) >= 11 is 1.50. The minimum absolute atomic E-state index is 0.834. The summed E-state index contributed by atoms with van der Waals surface area (Å²) in [4.78, 5) is 16.8. The topological polar surface area (TPSA) is 63.6 Å². The summed E-state index contributed by atoms with van der Waals surface area (Å²) in [5, 5.41) is 5.03. The summed E-state index contributed by atoms with van der Waals surface area (Å²) in [5.74, 6) is 0.887. The second kappa shape index (κ2) is 6.30. The SMILES string of the molecule is CCCNc1ncnc(Sc2cnccn2)c1C. The molecule has 0 amide bonds. The first-order valence-electron chi connectivity index (χ1n) is 5.80. The highest BCUT2D eigenvalue weighted by Crippen LogP contribution is 2.28. The molecule has 0 radical (unpaired) electrons. The van der Waals surface area contributed by atoms with Crippen molar-refractivity contribution in [3.8, 4) is 0 Å². The van der Waals surface area contributed by atoms with Gasteiger partial charge in [0.15, 0.2) is 0 Å².